The van der Waals surface area contributed by atoms with Gasteiger partial charge in [0, 0.05) is 12.4 Å². The molecule has 1 aromatic heterocycles. The fourth-order valence-corrected chi connectivity index (χ4v) is 3.04. The monoisotopic (exact) mass is 391 g/mol. The van der Waals surface area contributed by atoms with E-state index >= 15 is 0 Å². The molecule has 0 bridgehead atoms. The second kappa shape index (κ2) is 9.68. The summed E-state index contributed by atoms with van der Waals surface area (Å²) in [7, 11) is 0. The highest BCUT2D eigenvalue weighted by Crippen LogP contribution is 2.18. The van der Waals surface area contributed by atoms with E-state index in [1.807, 2.05) is 42.6 Å². The molecule has 3 rings (SSSR count). The van der Waals surface area contributed by atoms with Crippen molar-refractivity contribution in [1.29, 1.82) is 0 Å². The molecule has 2 unspecified atom stereocenters. The predicted octanol–water partition coefficient (Wildman–Crippen LogP) is 4.08. The summed E-state index contributed by atoms with van der Waals surface area (Å²) in [6.45, 7) is 3.65. The van der Waals surface area contributed by atoms with Crippen LogP contribution in [0, 0.1) is 0 Å². The lowest BCUT2D eigenvalue weighted by Gasteiger charge is -2.21. The molecule has 6 heteroatoms. The molecular weight excluding hydrogens is 366 g/mol. The first-order valence-electron chi connectivity index (χ1n) is 9.75. The van der Waals surface area contributed by atoms with E-state index in [1.165, 1.54) is 0 Å². The number of carbonyl (C=O) groups excluding carboxylic acids is 2. The Morgan fingerprint density at radius 1 is 1.07 bits per heavy atom. The molecule has 1 heterocycles. The number of hydrogen-bond acceptors (Lipinski definition) is 4. The van der Waals surface area contributed by atoms with Crippen LogP contribution in [-0.4, -0.2) is 27.8 Å². The number of hydrogen-bond donors (Lipinski definition) is 1. The summed E-state index contributed by atoms with van der Waals surface area (Å²) in [6.07, 6.45) is 4.35. The molecule has 0 aliphatic heterocycles. The van der Waals surface area contributed by atoms with E-state index in [0.29, 0.717) is 5.56 Å². The third-order valence-electron chi connectivity index (χ3n) is 4.62. The van der Waals surface area contributed by atoms with Gasteiger partial charge in [-0.1, -0.05) is 43.7 Å². The van der Waals surface area contributed by atoms with Crippen molar-refractivity contribution in [2.24, 2.45) is 0 Å². The summed E-state index contributed by atoms with van der Waals surface area (Å²) in [5.74, 6) is -0.847. The van der Waals surface area contributed by atoms with Gasteiger partial charge < -0.3 is 10.1 Å². The molecular formula is C23H25N3O3. The van der Waals surface area contributed by atoms with Gasteiger partial charge in [0.25, 0.3) is 5.91 Å². The standard InChI is InChI=1S/C23H25N3O3/c1-3-8-21(18-9-5-4-6-10-18)25-22(27)17(2)29-23(28)19-11-13-20(14-12-19)26-16-7-15-24-26/h4-7,9-17,21H,3,8H2,1-2H3,(H,25,27). The van der Waals surface area contributed by atoms with Gasteiger partial charge in [-0.2, -0.15) is 5.10 Å². The van der Waals surface area contributed by atoms with E-state index < -0.39 is 12.1 Å². The summed E-state index contributed by atoms with van der Waals surface area (Å²) in [5, 5.41) is 7.14. The van der Waals surface area contributed by atoms with Crippen molar-refractivity contribution in [1.82, 2.24) is 15.1 Å². The highest BCUT2D eigenvalue weighted by Gasteiger charge is 2.22. The van der Waals surface area contributed by atoms with Gasteiger partial charge in [-0.25, -0.2) is 9.48 Å². The number of nitrogens with one attached hydrogen (secondary N) is 1. The molecule has 29 heavy (non-hydrogen) atoms. The molecule has 3 aromatic rings. The van der Waals surface area contributed by atoms with E-state index in [-0.39, 0.29) is 11.9 Å². The smallest absolute Gasteiger partial charge is 0.338 e. The summed E-state index contributed by atoms with van der Waals surface area (Å²) < 4.78 is 7.07. The van der Waals surface area contributed by atoms with Crippen molar-refractivity contribution in [3.63, 3.8) is 0 Å². The van der Waals surface area contributed by atoms with Crippen LogP contribution in [-0.2, 0) is 9.53 Å². The quantitative estimate of drug-likeness (QED) is 0.588. The van der Waals surface area contributed by atoms with Crippen molar-refractivity contribution in [3.05, 3.63) is 84.2 Å². The normalized spacial score (nSPS) is 12.8. The minimum Gasteiger partial charge on any atom is -0.449 e. The molecule has 0 aliphatic carbocycles. The van der Waals surface area contributed by atoms with E-state index in [9.17, 15) is 9.59 Å². The van der Waals surface area contributed by atoms with Gasteiger partial charge in [-0.15, -0.1) is 0 Å². The van der Waals surface area contributed by atoms with Gasteiger partial charge >= 0.3 is 5.97 Å². The van der Waals surface area contributed by atoms with Gasteiger partial charge in [-0.3, -0.25) is 4.79 Å². The van der Waals surface area contributed by atoms with Crippen molar-refractivity contribution in [3.8, 4) is 5.69 Å². The van der Waals surface area contributed by atoms with E-state index in [2.05, 4.69) is 17.3 Å². The first-order chi connectivity index (χ1) is 14.1. The Morgan fingerprint density at radius 2 is 1.79 bits per heavy atom. The molecule has 0 saturated heterocycles. The largest absolute Gasteiger partial charge is 0.449 e. The SMILES string of the molecule is CCCC(NC(=O)C(C)OC(=O)c1ccc(-n2cccn2)cc1)c1ccccc1. The van der Waals surface area contributed by atoms with Crippen LogP contribution in [0.5, 0.6) is 0 Å². The fraction of sp³-hybridized carbons (Fsp3) is 0.261. The first kappa shape index (κ1) is 20.3. The predicted molar refractivity (Wildman–Crippen MR) is 111 cm³/mol. The van der Waals surface area contributed by atoms with Crippen molar-refractivity contribution >= 4 is 11.9 Å². The maximum atomic E-state index is 12.6. The zero-order valence-electron chi connectivity index (χ0n) is 16.6. The summed E-state index contributed by atoms with van der Waals surface area (Å²) in [5.41, 5.74) is 2.26. The molecule has 0 saturated carbocycles. The number of aromatic nitrogens is 2. The van der Waals surface area contributed by atoms with E-state index in [0.717, 1.165) is 24.1 Å². The van der Waals surface area contributed by atoms with Crippen LogP contribution in [0.1, 0.15) is 48.7 Å². The highest BCUT2D eigenvalue weighted by atomic mass is 16.5. The van der Waals surface area contributed by atoms with Crippen molar-refractivity contribution in [2.45, 2.75) is 38.8 Å². The molecule has 150 valence electrons. The lowest BCUT2D eigenvalue weighted by atomic mass is 10.0. The minimum absolute atomic E-state index is 0.108. The number of benzene rings is 2. The molecule has 6 nitrogen and oxygen atoms in total. The van der Waals surface area contributed by atoms with Gasteiger partial charge in [0.2, 0.25) is 0 Å². The average Bonchev–Trinajstić information content (AvgIpc) is 3.29. The van der Waals surface area contributed by atoms with Crippen LogP contribution >= 0.6 is 0 Å². The van der Waals surface area contributed by atoms with Crippen LogP contribution in [0.3, 0.4) is 0 Å². The van der Waals surface area contributed by atoms with Crippen LogP contribution in [0.2, 0.25) is 0 Å². The molecule has 0 aliphatic rings. The zero-order valence-corrected chi connectivity index (χ0v) is 16.6. The summed E-state index contributed by atoms with van der Waals surface area (Å²) in [4.78, 5) is 25.0. The number of esters is 1. The topological polar surface area (TPSA) is 73.2 Å². The lowest BCUT2D eigenvalue weighted by Crippen LogP contribution is -2.38. The highest BCUT2D eigenvalue weighted by molar-refractivity contribution is 5.92. The van der Waals surface area contributed by atoms with Gasteiger partial charge in [-0.05, 0) is 49.2 Å². The summed E-state index contributed by atoms with van der Waals surface area (Å²) >= 11 is 0. The third kappa shape index (κ3) is 5.31. The van der Waals surface area contributed by atoms with Crippen LogP contribution < -0.4 is 5.32 Å². The number of rotatable bonds is 8. The minimum atomic E-state index is -0.892. The Kier molecular flexibility index (Phi) is 6.79. The zero-order chi connectivity index (χ0) is 20.6. The number of carbonyl (C=O) groups is 2. The Hall–Kier alpha value is -3.41. The van der Waals surface area contributed by atoms with Crippen molar-refractivity contribution < 1.29 is 14.3 Å². The molecule has 0 radical (unpaired) electrons. The molecule has 2 atom stereocenters. The maximum Gasteiger partial charge on any atom is 0.338 e. The maximum absolute atomic E-state index is 12.6. The van der Waals surface area contributed by atoms with E-state index in [1.54, 1.807) is 42.1 Å². The third-order valence-corrected chi connectivity index (χ3v) is 4.62. The second-order valence-electron chi connectivity index (χ2n) is 6.81. The van der Waals surface area contributed by atoms with E-state index in [4.69, 9.17) is 4.74 Å². The van der Waals surface area contributed by atoms with Crippen molar-refractivity contribution in [2.75, 3.05) is 0 Å². The number of ether oxygens (including phenoxy) is 1. The molecule has 1 amide bonds. The first-order valence-corrected chi connectivity index (χ1v) is 9.75. The number of amides is 1. The van der Waals surface area contributed by atoms with Crippen LogP contribution in [0.4, 0.5) is 0 Å². The van der Waals surface area contributed by atoms with Gasteiger partial charge in [0.15, 0.2) is 6.10 Å². The Labute approximate surface area is 170 Å². The van der Waals surface area contributed by atoms with Crippen LogP contribution in [0.15, 0.2) is 73.1 Å². The molecule has 2 aromatic carbocycles. The second-order valence-corrected chi connectivity index (χ2v) is 6.81. The molecule has 1 N–H and O–H groups in total. The number of nitrogens with zero attached hydrogens (tertiary/aromatic N) is 2. The molecule has 0 fully saturated rings. The summed E-state index contributed by atoms with van der Waals surface area (Å²) in [6, 6.07) is 18.4. The molecule has 0 spiro atoms. The van der Waals surface area contributed by atoms with Gasteiger partial charge in [0.1, 0.15) is 0 Å². The Balaban J connectivity index is 1.60. The fourth-order valence-electron chi connectivity index (χ4n) is 3.04. The van der Waals surface area contributed by atoms with Crippen LogP contribution in [0.25, 0.3) is 5.69 Å². The average molecular weight is 391 g/mol. The Bertz CT molecular complexity index is 922. The van der Waals surface area contributed by atoms with Gasteiger partial charge in [0.05, 0.1) is 17.3 Å². The lowest BCUT2D eigenvalue weighted by molar-refractivity contribution is -0.129. The Morgan fingerprint density at radius 3 is 2.41 bits per heavy atom.